The second-order valence-electron chi connectivity index (χ2n) is 4.04. The van der Waals surface area contributed by atoms with E-state index in [1.54, 1.807) is 24.3 Å². The fourth-order valence-electron chi connectivity index (χ4n) is 1.62. The third kappa shape index (κ3) is 3.78. The maximum atomic E-state index is 11.7. The summed E-state index contributed by atoms with van der Waals surface area (Å²) in [6.45, 7) is 0. The molecule has 0 aliphatic carbocycles. The number of para-hydroxylation sites is 1. The molecule has 100 valence electrons. The normalized spacial score (nSPS) is 10.4. The molecule has 0 aromatic heterocycles. The van der Waals surface area contributed by atoms with Gasteiger partial charge in [-0.1, -0.05) is 30.3 Å². The number of nitro groups is 1. The highest BCUT2D eigenvalue weighted by Crippen LogP contribution is 2.14. The van der Waals surface area contributed by atoms with Gasteiger partial charge < -0.3 is 5.32 Å². The highest BCUT2D eigenvalue weighted by molar-refractivity contribution is 6.01. The molecule has 2 aromatic rings. The van der Waals surface area contributed by atoms with Gasteiger partial charge in [0.2, 0.25) is 5.91 Å². The molecular weight excluding hydrogens is 256 g/mol. The summed E-state index contributed by atoms with van der Waals surface area (Å²) < 4.78 is 0. The predicted molar refractivity (Wildman–Crippen MR) is 77.2 cm³/mol. The molecule has 1 amide bonds. The summed E-state index contributed by atoms with van der Waals surface area (Å²) in [6.07, 6.45) is 2.87. The Morgan fingerprint density at radius 3 is 2.55 bits per heavy atom. The maximum Gasteiger partial charge on any atom is 0.270 e. The van der Waals surface area contributed by atoms with Crippen molar-refractivity contribution in [3.05, 3.63) is 76.4 Å². The van der Waals surface area contributed by atoms with Gasteiger partial charge in [0.25, 0.3) is 5.69 Å². The molecule has 2 rings (SSSR count). The highest BCUT2D eigenvalue weighted by Gasteiger charge is 2.04. The van der Waals surface area contributed by atoms with E-state index in [2.05, 4.69) is 5.32 Å². The largest absolute Gasteiger partial charge is 0.323 e. The number of rotatable bonds is 4. The minimum atomic E-state index is -0.471. The molecule has 0 saturated carbocycles. The van der Waals surface area contributed by atoms with E-state index in [0.29, 0.717) is 11.3 Å². The molecule has 20 heavy (non-hydrogen) atoms. The number of carbonyl (C=O) groups is 1. The van der Waals surface area contributed by atoms with Crippen LogP contribution in [0.5, 0.6) is 0 Å². The van der Waals surface area contributed by atoms with Gasteiger partial charge >= 0.3 is 0 Å². The van der Waals surface area contributed by atoms with Crippen LogP contribution in [0.2, 0.25) is 0 Å². The molecule has 0 saturated heterocycles. The van der Waals surface area contributed by atoms with Crippen LogP contribution in [0.4, 0.5) is 11.4 Å². The first-order chi connectivity index (χ1) is 9.65. The first kappa shape index (κ1) is 13.5. The molecule has 1 N–H and O–H groups in total. The van der Waals surface area contributed by atoms with E-state index in [1.807, 2.05) is 18.2 Å². The lowest BCUT2D eigenvalue weighted by Gasteiger charge is -2.00. The number of anilines is 1. The molecule has 5 heteroatoms. The molecule has 5 nitrogen and oxygen atoms in total. The van der Waals surface area contributed by atoms with Gasteiger partial charge in [-0.2, -0.15) is 0 Å². The van der Waals surface area contributed by atoms with Crippen LogP contribution in [0.25, 0.3) is 6.08 Å². The zero-order valence-electron chi connectivity index (χ0n) is 10.5. The van der Waals surface area contributed by atoms with E-state index in [-0.39, 0.29) is 11.6 Å². The van der Waals surface area contributed by atoms with Crippen LogP contribution < -0.4 is 5.32 Å². The maximum absolute atomic E-state index is 11.7. The third-order valence-electron chi connectivity index (χ3n) is 2.55. The van der Waals surface area contributed by atoms with Crippen LogP contribution in [-0.2, 0) is 4.79 Å². The molecule has 0 fully saturated rings. The number of non-ortho nitro benzene ring substituents is 1. The number of nitrogens with zero attached hydrogens (tertiary/aromatic N) is 1. The average molecular weight is 268 g/mol. The van der Waals surface area contributed by atoms with Crippen LogP contribution in [0.1, 0.15) is 5.56 Å². The average Bonchev–Trinajstić information content (AvgIpc) is 2.46. The molecule has 0 aliphatic heterocycles. The quantitative estimate of drug-likeness (QED) is 0.525. The van der Waals surface area contributed by atoms with Crippen molar-refractivity contribution in [1.29, 1.82) is 0 Å². The minimum absolute atomic E-state index is 0.00406. The fourth-order valence-corrected chi connectivity index (χ4v) is 1.62. The predicted octanol–water partition coefficient (Wildman–Crippen LogP) is 3.25. The molecule has 0 radical (unpaired) electrons. The fraction of sp³-hybridized carbons (Fsp3) is 0. The van der Waals surface area contributed by atoms with Crippen molar-refractivity contribution in [2.45, 2.75) is 0 Å². The zero-order valence-corrected chi connectivity index (χ0v) is 10.5. The summed E-state index contributed by atoms with van der Waals surface area (Å²) in [7, 11) is 0. The number of carbonyl (C=O) groups excluding carboxylic acids is 1. The molecule has 0 aliphatic rings. The smallest absolute Gasteiger partial charge is 0.270 e. The number of nitro benzene ring substituents is 1. The highest BCUT2D eigenvalue weighted by atomic mass is 16.6. The summed E-state index contributed by atoms with van der Waals surface area (Å²) >= 11 is 0. The lowest BCUT2D eigenvalue weighted by molar-refractivity contribution is -0.384. The lowest BCUT2D eigenvalue weighted by atomic mass is 10.2. The van der Waals surface area contributed by atoms with Gasteiger partial charge in [-0.15, -0.1) is 0 Å². The van der Waals surface area contributed by atoms with Crippen LogP contribution >= 0.6 is 0 Å². The molecule has 0 bridgehead atoms. The van der Waals surface area contributed by atoms with Crippen LogP contribution in [0, 0.1) is 10.1 Å². The second-order valence-corrected chi connectivity index (χ2v) is 4.04. The van der Waals surface area contributed by atoms with Crippen molar-refractivity contribution in [2.24, 2.45) is 0 Å². The Labute approximate surface area is 115 Å². The van der Waals surface area contributed by atoms with E-state index in [1.165, 1.54) is 24.3 Å². The van der Waals surface area contributed by atoms with Gasteiger partial charge in [-0.3, -0.25) is 14.9 Å². The van der Waals surface area contributed by atoms with Gasteiger partial charge in [-0.25, -0.2) is 0 Å². The molecule has 0 unspecified atom stereocenters. The Kier molecular flexibility index (Phi) is 4.24. The van der Waals surface area contributed by atoms with Crippen molar-refractivity contribution in [3.8, 4) is 0 Å². The van der Waals surface area contributed by atoms with Crippen LogP contribution in [0.15, 0.2) is 60.7 Å². The third-order valence-corrected chi connectivity index (χ3v) is 2.55. The molecule has 2 aromatic carbocycles. The second kappa shape index (κ2) is 6.29. The Morgan fingerprint density at radius 1 is 1.10 bits per heavy atom. The van der Waals surface area contributed by atoms with E-state index in [9.17, 15) is 14.9 Å². The Hall–Kier alpha value is -2.95. The van der Waals surface area contributed by atoms with Crippen LogP contribution in [-0.4, -0.2) is 10.8 Å². The van der Waals surface area contributed by atoms with Gasteiger partial charge in [0.15, 0.2) is 0 Å². The van der Waals surface area contributed by atoms with Crippen molar-refractivity contribution in [3.63, 3.8) is 0 Å². The number of hydrogen-bond donors (Lipinski definition) is 1. The van der Waals surface area contributed by atoms with Crippen molar-refractivity contribution in [1.82, 2.24) is 0 Å². The zero-order chi connectivity index (χ0) is 14.4. The van der Waals surface area contributed by atoms with E-state index in [4.69, 9.17) is 0 Å². The summed E-state index contributed by atoms with van der Waals surface area (Å²) in [4.78, 5) is 21.8. The van der Waals surface area contributed by atoms with Gasteiger partial charge in [0.1, 0.15) is 0 Å². The van der Waals surface area contributed by atoms with Gasteiger partial charge in [0, 0.05) is 23.9 Å². The minimum Gasteiger partial charge on any atom is -0.323 e. The Bertz CT molecular complexity index is 651. The number of hydrogen-bond acceptors (Lipinski definition) is 3. The number of nitrogens with one attached hydrogen (secondary N) is 1. The molecule has 0 heterocycles. The lowest BCUT2D eigenvalue weighted by Crippen LogP contribution is -2.07. The van der Waals surface area contributed by atoms with Crippen molar-refractivity contribution in [2.75, 3.05) is 5.32 Å². The molecule has 0 spiro atoms. The SMILES string of the molecule is O=C(/C=C/c1cccc([N+](=O)[O-])c1)Nc1ccccc1. The summed E-state index contributed by atoms with van der Waals surface area (Å²) in [5.41, 5.74) is 1.29. The molecule has 0 atom stereocenters. The first-order valence-electron chi connectivity index (χ1n) is 5.94. The van der Waals surface area contributed by atoms with Gasteiger partial charge in [-0.05, 0) is 23.8 Å². The van der Waals surface area contributed by atoms with Gasteiger partial charge in [0.05, 0.1) is 4.92 Å². The summed E-state index contributed by atoms with van der Waals surface area (Å²) in [5, 5.41) is 13.3. The standard InChI is InChI=1S/C15H12N2O3/c18-15(16-13-6-2-1-3-7-13)10-9-12-5-4-8-14(11-12)17(19)20/h1-11H,(H,16,18)/b10-9+. The van der Waals surface area contributed by atoms with E-state index < -0.39 is 4.92 Å². The van der Waals surface area contributed by atoms with E-state index >= 15 is 0 Å². The summed E-state index contributed by atoms with van der Waals surface area (Å²) in [6, 6.07) is 15.1. The summed E-state index contributed by atoms with van der Waals surface area (Å²) in [5.74, 6) is -0.289. The molecular formula is C15H12N2O3. The Balaban J connectivity index is 2.04. The van der Waals surface area contributed by atoms with E-state index in [0.717, 1.165) is 0 Å². The monoisotopic (exact) mass is 268 g/mol. The van der Waals surface area contributed by atoms with Crippen LogP contribution in [0.3, 0.4) is 0 Å². The topological polar surface area (TPSA) is 72.2 Å². The van der Waals surface area contributed by atoms with Crippen molar-refractivity contribution >= 4 is 23.4 Å². The first-order valence-corrected chi connectivity index (χ1v) is 5.94. The number of amides is 1. The van der Waals surface area contributed by atoms with Crippen molar-refractivity contribution < 1.29 is 9.72 Å². The number of benzene rings is 2. The Morgan fingerprint density at radius 2 is 1.85 bits per heavy atom.